The summed E-state index contributed by atoms with van der Waals surface area (Å²) in [6.45, 7) is 7.31. The van der Waals surface area contributed by atoms with Gasteiger partial charge in [0.1, 0.15) is 0 Å². The quantitative estimate of drug-likeness (QED) is 0.648. The molecule has 0 bridgehead atoms. The Hall–Kier alpha value is -3.07. The summed E-state index contributed by atoms with van der Waals surface area (Å²) in [6.07, 6.45) is 0. The third kappa shape index (κ3) is 4.20. The standard InChI is InChI=1S/C18H22N6O3/c1-12-16(21-17(25)14-4-6-15(7-5-14)24(26)27)13(2)20-18(19-12)23-10-8-22(3)9-11-23/h4-7H,8-11H2,1-3H3,(H,21,25). The maximum absolute atomic E-state index is 12.5. The number of hydrogen-bond donors (Lipinski definition) is 1. The van der Waals surface area contributed by atoms with Gasteiger partial charge in [0.15, 0.2) is 0 Å². The molecule has 0 unspecified atom stereocenters. The zero-order valence-electron chi connectivity index (χ0n) is 15.6. The van der Waals surface area contributed by atoms with Gasteiger partial charge in [0.05, 0.1) is 22.0 Å². The molecule has 2 aromatic rings. The minimum absolute atomic E-state index is 0.0567. The number of non-ortho nitro benzene ring substituents is 1. The molecule has 1 N–H and O–H groups in total. The number of carbonyl (C=O) groups is 1. The van der Waals surface area contributed by atoms with Crippen LogP contribution in [0.15, 0.2) is 24.3 Å². The Balaban J connectivity index is 1.76. The zero-order valence-corrected chi connectivity index (χ0v) is 15.6. The maximum Gasteiger partial charge on any atom is 0.269 e. The molecular formula is C18H22N6O3. The Morgan fingerprint density at radius 2 is 1.63 bits per heavy atom. The van der Waals surface area contributed by atoms with Crippen LogP contribution in [0.5, 0.6) is 0 Å². The van der Waals surface area contributed by atoms with Crippen molar-refractivity contribution in [3.63, 3.8) is 0 Å². The molecule has 3 rings (SSSR count). The van der Waals surface area contributed by atoms with Gasteiger partial charge in [0.2, 0.25) is 5.95 Å². The van der Waals surface area contributed by atoms with E-state index in [1.165, 1.54) is 24.3 Å². The lowest BCUT2D eigenvalue weighted by Crippen LogP contribution is -2.45. The number of hydrogen-bond acceptors (Lipinski definition) is 7. The number of anilines is 2. The van der Waals surface area contributed by atoms with Crippen molar-refractivity contribution >= 4 is 23.2 Å². The average molecular weight is 370 g/mol. The van der Waals surface area contributed by atoms with E-state index in [1.54, 1.807) is 0 Å². The number of nitro benzene ring substituents is 1. The van der Waals surface area contributed by atoms with Gasteiger partial charge in [-0.2, -0.15) is 0 Å². The molecule has 27 heavy (non-hydrogen) atoms. The van der Waals surface area contributed by atoms with Crippen molar-refractivity contribution in [2.45, 2.75) is 13.8 Å². The number of carbonyl (C=O) groups excluding carboxylic acids is 1. The van der Waals surface area contributed by atoms with Crippen molar-refractivity contribution < 1.29 is 9.72 Å². The number of nitro groups is 1. The molecule has 9 heteroatoms. The van der Waals surface area contributed by atoms with E-state index in [0.29, 0.717) is 28.6 Å². The number of aromatic nitrogens is 2. The van der Waals surface area contributed by atoms with Crippen LogP contribution in [0.4, 0.5) is 17.3 Å². The molecule has 1 aliphatic heterocycles. The minimum Gasteiger partial charge on any atom is -0.338 e. The van der Waals surface area contributed by atoms with Gasteiger partial charge in [-0.05, 0) is 33.0 Å². The Morgan fingerprint density at radius 3 is 2.15 bits per heavy atom. The van der Waals surface area contributed by atoms with Crippen molar-refractivity contribution in [2.75, 3.05) is 43.4 Å². The summed E-state index contributed by atoms with van der Waals surface area (Å²) in [5, 5.41) is 13.5. The normalized spacial score (nSPS) is 14.9. The number of nitrogens with zero attached hydrogens (tertiary/aromatic N) is 5. The second-order valence-corrected chi connectivity index (χ2v) is 6.62. The van der Waals surface area contributed by atoms with E-state index in [0.717, 1.165) is 26.2 Å². The van der Waals surface area contributed by atoms with Gasteiger partial charge in [0.25, 0.3) is 11.6 Å². The molecule has 0 atom stereocenters. The first-order valence-corrected chi connectivity index (χ1v) is 8.69. The van der Waals surface area contributed by atoms with Gasteiger partial charge in [-0.15, -0.1) is 0 Å². The number of nitrogens with one attached hydrogen (secondary N) is 1. The second-order valence-electron chi connectivity index (χ2n) is 6.62. The molecule has 0 aliphatic carbocycles. The number of aryl methyl sites for hydroxylation is 2. The molecule has 0 saturated carbocycles. The number of piperazine rings is 1. The summed E-state index contributed by atoms with van der Waals surface area (Å²) < 4.78 is 0. The summed E-state index contributed by atoms with van der Waals surface area (Å²) in [5.74, 6) is 0.318. The van der Waals surface area contributed by atoms with E-state index in [-0.39, 0.29) is 11.6 Å². The smallest absolute Gasteiger partial charge is 0.269 e. The summed E-state index contributed by atoms with van der Waals surface area (Å²) in [7, 11) is 2.09. The molecule has 9 nitrogen and oxygen atoms in total. The van der Waals surface area contributed by atoms with E-state index in [2.05, 4.69) is 32.1 Å². The van der Waals surface area contributed by atoms with E-state index in [9.17, 15) is 14.9 Å². The average Bonchev–Trinajstić information content (AvgIpc) is 2.65. The van der Waals surface area contributed by atoms with Crippen LogP contribution in [0, 0.1) is 24.0 Å². The van der Waals surface area contributed by atoms with Gasteiger partial charge >= 0.3 is 0 Å². The lowest BCUT2D eigenvalue weighted by atomic mass is 10.2. The molecule has 1 saturated heterocycles. The van der Waals surface area contributed by atoms with Gasteiger partial charge < -0.3 is 15.1 Å². The summed E-state index contributed by atoms with van der Waals surface area (Å²) in [6, 6.07) is 5.47. The van der Waals surface area contributed by atoms with Crippen molar-refractivity contribution in [1.29, 1.82) is 0 Å². The Bertz CT molecular complexity index is 837. The lowest BCUT2D eigenvalue weighted by molar-refractivity contribution is -0.384. The van der Waals surface area contributed by atoms with E-state index < -0.39 is 4.92 Å². The predicted octanol–water partition coefficient (Wildman–Crippen LogP) is 2.01. The fraction of sp³-hybridized carbons (Fsp3) is 0.389. The second kappa shape index (κ2) is 7.67. The predicted molar refractivity (Wildman–Crippen MR) is 102 cm³/mol. The molecule has 1 aliphatic rings. The maximum atomic E-state index is 12.5. The monoisotopic (exact) mass is 370 g/mol. The van der Waals surface area contributed by atoms with Crippen molar-refractivity contribution in [2.24, 2.45) is 0 Å². The molecule has 1 aromatic heterocycles. The SMILES string of the molecule is Cc1nc(N2CCN(C)CC2)nc(C)c1NC(=O)c1ccc([N+](=O)[O-])cc1. The number of amides is 1. The van der Waals surface area contributed by atoms with Crippen molar-refractivity contribution in [1.82, 2.24) is 14.9 Å². The summed E-state index contributed by atoms with van der Waals surface area (Å²) >= 11 is 0. The summed E-state index contributed by atoms with van der Waals surface area (Å²) in [4.78, 5) is 36.2. The van der Waals surface area contributed by atoms with Crippen LogP contribution in [-0.4, -0.2) is 58.9 Å². The number of rotatable bonds is 4. The first kappa shape index (κ1) is 18.7. The molecule has 0 radical (unpaired) electrons. The fourth-order valence-electron chi connectivity index (χ4n) is 2.95. The van der Waals surface area contributed by atoms with Gasteiger partial charge in [-0.25, -0.2) is 9.97 Å². The Morgan fingerprint density at radius 1 is 1.07 bits per heavy atom. The van der Waals surface area contributed by atoms with E-state index >= 15 is 0 Å². The van der Waals surface area contributed by atoms with Crippen LogP contribution in [-0.2, 0) is 0 Å². The molecule has 0 spiro atoms. The topological polar surface area (TPSA) is 104 Å². The largest absolute Gasteiger partial charge is 0.338 e. The highest BCUT2D eigenvalue weighted by atomic mass is 16.6. The van der Waals surface area contributed by atoms with Crippen LogP contribution in [0.1, 0.15) is 21.7 Å². The third-order valence-corrected chi connectivity index (χ3v) is 4.62. The van der Waals surface area contributed by atoms with Gasteiger partial charge in [0, 0.05) is 43.9 Å². The molecule has 1 aromatic carbocycles. The highest BCUT2D eigenvalue weighted by Crippen LogP contribution is 2.22. The van der Waals surface area contributed by atoms with Crippen LogP contribution < -0.4 is 10.2 Å². The number of benzene rings is 1. The first-order valence-electron chi connectivity index (χ1n) is 8.69. The van der Waals surface area contributed by atoms with Crippen LogP contribution in [0.3, 0.4) is 0 Å². The van der Waals surface area contributed by atoms with Crippen LogP contribution >= 0.6 is 0 Å². The van der Waals surface area contributed by atoms with Crippen LogP contribution in [0.2, 0.25) is 0 Å². The number of likely N-dealkylation sites (N-methyl/N-ethyl adjacent to an activating group) is 1. The molecule has 2 heterocycles. The minimum atomic E-state index is -0.499. The zero-order chi connectivity index (χ0) is 19.6. The van der Waals surface area contributed by atoms with Crippen molar-refractivity contribution in [3.8, 4) is 0 Å². The Kier molecular flexibility index (Phi) is 5.31. The lowest BCUT2D eigenvalue weighted by Gasteiger charge is -2.32. The van der Waals surface area contributed by atoms with Crippen LogP contribution in [0.25, 0.3) is 0 Å². The van der Waals surface area contributed by atoms with Gasteiger partial charge in [-0.1, -0.05) is 0 Å². The Labute approximate surface area is 157 Å². The fourth-order valence-corrected chi connectivity index (χ4v) is 2.95. The molecule has 1 amide bonds. The first-order chi connectivity index (χ1) is 12.8. The molecular weight excluding hydrogens is 348 g/mol. The highest BCUT2D eigenvalue weighted by molar-refractivity contribution is 6.05. The van der Waals surface area contributed by atoms with E-state index in [4.69, 9.17) is 0 Å². The van der Waals surface area contributed by atoms with E-state index in [1.807, 2.05) is 13.8 Å². The van der Waals surface area contributed by atoms with Crippen molar-refractivity contribution in [3.05, 3.63) is 51.3 Å². The molecule has 142 valence electrons. The summed E-state index contributed by atoms with van der Waals surface area (Å²) in [5.41, 5.74) is 2.22. The third-order valence-electron chi connectivity index (χ3n) is 4.62. The molecule has 1 fully saturated rings. The van der Waals surface area contributed by atoms with Gasteiger partial charge in [-0.3, -0.25) is 14.9 Å². The highest BCUT2D eigenvalue weighted by Gasteiger charge is 2.19.